The molecule has 0 bridgehead atoms. The van der Waals surface area contributed by atoms with E-state index in [2.05, 4.69) is 10.1 Å². The third-order valence-electron chi connectivity index (χ3n) is 2.10. The lowest BCUT2D eigenvalue weighted by Gasteiger charge is -1.97. The minimum absolute atomic E-state index is 0.0129. The van der Waals surface area contributed by atoms with Gasteiger partial charge in [0.25, 0.3) is 0 Å². The molecule has 0 N–H and O–H groups in total. The molecule has 1 heterocycles. The molecule has 1 aromatic carbocycles. The maximum Gasteiger partial charge on any atom is 0.314 e. The van der Waals surface area contributed by atoms with Gasteiger partial charge in [-0.1, -0.05) is 6.07 Å². The van der Waals surface area contributed by atoms with E-state index in [1.165, 1.54) is 23.9 Å². The predicted molar refractivity (Wildman–Crippen MR) is 52.9 cm³/mol. The van der Waals surface area contributed by atoms with Crippen molar-refractivity contribution in [1.82, 2.24) is 14.8 Å². The zero-order valence-corrected chi connectivity index (χ0v) is 8.74. The molecule has 0 saturated carbocycles. The van der Waals surface area contributed by atoms with Crippen molar-refractivity contribution < 1.29 is 13.5 Å². The van der Waals surface area contributed by atoms with Crippen LogP contribution in [0.3, 0.4) is 0 Å². The van der Waals surface area contributed by atoms with Gasteiger partial charge in [-0.2, -0.15) is 4.98 Å². The van der Waals surface area contributed by atoms with Crippen LogP contribution in [-0.4, -0.2) is 21.9 Å². The van der Waals surface area contributed by atoms with Crippen LogP contribution in [-0.2, 0) is 7.05 Å². The number of hydrogen-bond acceptors (Lipinski definition) is 3. The third-order valence-corrected chi connectivity index (χ3v) is 2.10. The summed E-state index contributed by atoms with van der Waals surface area (Å²) in [6.07, 6.45) is 0. The van der Waals surface area contributed by atoms with Crippen LogP contribution in [0.15, 0.2) is 18.2 Å². The zero-order chi connectivity index (χ0) is 11.7. The first-order valence-corrected chi connectivity index (χ1v) is 4.53. The second-order valence-electron chi connectivity index (χ2n) is 3.15. The minimum Gasteiger partial charge on any atom is -0.467 e. The van der Waals surface area contributed by atoms with Crippen LogP contribution < -0.4 is 4.74 Å². The van der Waals surface area contributed by atoms with E-state index in [4.69, 9.17) is 4.74 Å². The van der Waals surface area contributed by atoms with Crippen molar-refractivity contribution in [3.63, 3.8) is 0 Å². The maximum atomic E-state index is 13.4. The molecule has 16 heavy (non-hydrogen) atoms. The van der Waals surface area contributed by atoms with Crippen molar-refractivity contribution >= 4 is 0 Å². The first kappa shape index (κ1) is 10.5. The molecule has 0 atom stereocenters. The fraction of sp³-hybridized carbons (Fsp3) is 0.200. The quantitative estimate of drug-likeness (QED) is 0.782. The molecule has 0 aliphatic carbocycles. The van der Waals surface area contributed by atoms with Gasteiger partial charge in [-0.05, 0) is 12.1 Å². The summed E-state index contributed by atoms with van der Waals surface area (Å²) in [7, 11) is 3.03. The van der Waals surface area contributed by atoms with Crippen LogP contribution in [0.25, 0.3) is 11.4 Å². The van der Waals surface area contributed by atoms with E-state index in [0.717, 1.165) is 6.07 Å². The monoisotopic (exact) mass is 225 g/mol. The lowest BCUT2D eigenvalue weighted by atomic mass is 10.2. The number of rotatable bonds is 2. The van der Waals surface area contributed by atoms with Gasteiger partial charge in [-0.15, -0.1) is 5.10 Å². The standard InChI is InChI=1S/C10H9F2N3O/c1-15-10(16-2)13-9(14-15)6-4-3-5-7(11)8(6)12/h3-5H,1-2H3. The Kier molecular flexibility index (Phi) is 2.55. The molecule has 2 aromatic rings. The number of nitrogens with zero attached hydrogens (tertiary/aromatic N) is 3. The molecule has 0 unspecified atom stereocenters. The summed E-state index contributed by atoms with van der Waals surface area (Å²) in [5.41, 5.74) is 0.0129. The van der Waals surface area contributed by atoms with Crippen molar-refractivity contribution in [3.05, 3.63) is 29.8 Å². The number of benzene rings is 1. The summed E-state index contributed by atoms with van der Waals surface area (Å²) >= 11 is 0. The van der Waals surface area contributed by atoms with Crippen molar-refractivity contribution in [2.75, 3.05) is 7.11 Å². The van der Waals surface area contributed by atoms with Crippen LogP contribution in [0, 0.1) is 11.6 Å². The number of hydrogen-bond donors (Lipinski definition) is 0. The van der Waals surface area contributed by atoms with Gasteiger partial charge >= 0.3 is 6.01 Å². The molecule has 6 heteroatoms. The van der Waals surface area contributed by atoms with E-state index in [-0.39, 0.29) is 17.4 Å². The van der Waals surface area contributed by atoms with E-state index in [9.17, 15) is 8.78 Å². The highest BCUT2D eigenvalue weighted by Crippen LogP contribution is 2.22. The van der Waals surface area contributed by atoms with Gasteiger partial charge in [0.15, 0.2) is 17.5 Å². The van der Waals surface area contributed by atoms with Gasteiger partial charge in [-0.25, -0.2) is 13.5 Å². The molecule has 0 aliphatic heterocycles. The fourth-order valence-corrected chi connectivity index (χ4v) is 1.34. The lowest BCUT2D eigenvalue weighted by Crippen LogP contribution is -1.95. The summed E-state index contributed by atoms with van der Waals surface area (Å²) in [4.78, 5) is 3.92. The van der Waals surface area contributed by atoms with Crippen molar-refractivity contribution in [1.29, 1.82) is 0 Å². The summed E-state index contributed by atoms with van der Waals surface area (Å²) < 4.78 is 32.6. The zero-order valence-electron chi connectivity index (χ0n) is 8.74. The molecule has 1 aromatic heterocycles. The Labute approximate surface area is 90.5 Å². The Morgan fingerprint density at radius 3 is 2.69 bits per heavy atom. The van der Waals surface area contributed by atoms with Crippen molar-refractivity contribution in [2.24, 2.45) is 7.05 Å². The average molecular weight is 225 g/mol. The molecule has 4 nitrogen and oxygen atoms in total. The Hall–Kier alpha value is -1.98. The van der Waals surface area contributed by atoms with Gasteiger partial charge in [0.1, 0.15) is 0 Å². The number of halogens is 2. The second-order valence-corrected chi connectivity index (χ2v) is 3.15. The molecule has 2 rings (SSSR count). The molecular formula is C10H9F2N3O. The van der Waals surface area contributed by atoms with E-state index in [1.54, 1.807) is 7.05 Å². The van der Waals surface area contributed by atoms with Gasteiger partial charge in [-0.3, -0.25) is 0 Å². The Bertz CT molecular complexity index is 525. The molecule has 0 aliphatic rings. The Balaban J connectivity index is 2.54. The molecule has 0 amide bonds. The van der Waals surface area contributed by atoms with Gasteiger partial charge in [0, 0.05) is 7.05 Å². The normalized spacial score (nSPS) is 10.5. The summed E-state index contributed by atoms with van der Waals surface area (Å²) in [6.45, 7) is 0. The molecule has 0 saturated heterocycles. The smallest absolute Gasteiger partial charge is 0.314 e. The number of methoxy groups -OCH3 is 1. The summed E-state index contributed by atoms with van der Waals surface area (Å²) in [5.74, 6) is -1.80. The maximum absolute atomic E-state index is 13.4. The van der Waals surface area contributed by atoms with Gasteiger partial charge in [0.05, 0.1) is 12.7 Å². The largest absolute Gasteiger partial charge is 0.467 e. The van der Waals surface area contributed by atoms with Crippen LogP contribution in [0.4, 0.5) is 8.78 Å². The summed E-state index contributed by atoms with van der Waals surface area (Å²) in [6, 6.07) is 4.08. The van der Waals surface area contributed by atoms with Crippen molar-refractivity contribution in [3.8, 4) is 17.4 Å². The molecule has 0 fully saturated rings. The molecule has 84 valence electrons. The SMILES string of the molecule is COc1nc(-c2cccc(F)c2F)nn1C. The first-order chi connectivity index (χ1) is 7.63. The van der Waals surface area contributed by atoms with Crippen LogP contribution in [0.1, 0.15) is 0 Å². The lowest BCUT2D eigenvalue weighted by molar-refractivity contribution is 0.359. The number of aryl methyl sites for hydroxylation is 1. The highest BCUT2D eigenvalue weighted by molar-refractivity contribution is 5.55. The Morgan fingerprint density at radius 1 is 1.31 bits per heavy atom. The minimum atomic E-state index is -0.962. The second kappa shape index (κ2) is 3.88. The summed E-state index contributed by atoms with van der Waals surface area (Å²) in [5, 5.41) is 3.93. The predicted octanol–water partition coefficient (Wildman–Crippen LogP) is 1.77. The Morgan fingerprint density at radius 2 is 2.06 bits per heavy atom. The highest BCUT2D eigenvalue weighted by atomic mass is 19.2. The average Bonchev–Trinajstić information content (AvgIpc) is 2.63. The van der Waals surface area contributed by atoms with Crippen LogP contribution >= 0.6 is 0 Å². The van der Waals surface area contributed by atoms with E-state index >= 15 is 0 Å². The van der Waals surface area contributed by atoms with E-state index in [0.29, 0.717) is 0 Å². The third kappa shape index (κ3) is 1.62. The molecular weight excluding hydrogens is 216 g/mol. The van der Waals surface area contributed by atoms with Crippen molar-refractivity contribution in [2.45, 2.75) is 0 Å². The van der Waals surface area contributed by atoms with E-state index < -0.39 is 11.6 Å². The highest BCUT2D eigenvalue weighted by Gasteiger charge is 2.15. The topological polar surface area (TPSA) is 39.9 Å². The number of aromatic nitrogens is 3. The van der Waals surface area contributed by atoms with Crippen LogP contribution in [0.5, 0.6) is 6.01 Å². The fourth-order valence-electron chi connectivity index (χ4n) is 1.34. The van der Waals surface area contributed by atoms with Gasteiger partial charge < -0.3 is 4.74 Å². The first-order valence-electron chi connectivity index (χ1n) is 4.53. The molecule has 0 spiro atoms. The molecule has 0 radical (unpaired) electrons. The van der Waals surface area contributed by atoms with E-state index in [1.807, 2.05) is 0 Å². The van der Waals surface area contributed by atoms with Crippen LogP contribution in [0.2, 0.25) is 0 Å². The van der Waals surface area contributed by atoms with Gasteiger partial charge in [0.2, 0.25) is 0 Å². The number of ether oxygens (including phenoxy) is 1.